The fourth-order valence-electron chi connectivity index (χ4n) is 2.99. The van der Waals surface area contributed by atoms with Gasteiger partial charge in [0.05, 0.1) is 5.41 Å². The Morgan fingerprint density at radius 3 is 2.29 bits per heavy atom. The molecule has 2 nitrogen and oxygen atoms in total. The van der Waals surface area contributed by atoms with Gasteiger partial charge in [-0.05, 0) is 48.9 Å². The van der Waals surface area contributed by atoms with Gasteiger partial charge in [0.25, 0.3) is 0 Å². The van der Waals surface area contributed by atoms with Gasteiger partial charge in [-0.3, -0.25) is 4.79 Å². The maximum absolute atomic E-state index is 12.6. The monoisotopic (exact) mass is 279 g/mol. The molecule has 0 atom stereocenters. The van der Waals surface area contributed by atoms with E-state index in [4.69, 9.17) is 5.73 Å². The third-order valence-electron chi connectivity index (χ3n) is 4.46. The highest BCUT2D eigenvalue weighted by Crippen LogP contribution is 2.50. The van der Waals surface area contributed by atoms with Crippen LogP contribution < -0.4 is 5.73 Å². The van der Waals surface area contributed by atoms with E-state index in [2.05, 4.69) is 12.1 Å². The summed E-state index contributed by atoms with van der Waals surface area (Å²) in [5.74, 6) is 0.392. The van der Waals surface area contributed by atoms with Crippen LogP contribution in [0.5, 0.6) is 0 Å². The summed E-state index contributed by atoms with van der Waals surface area (Å²) in [6.45, 7) is 0. The molecule has 0 radical (unpaired) electrons. The van der Waals surface area contributed by atoms with E-state index in [1.54, 1.807) is 0 Å². The Balaban J connectivity index is 1.59. The van der Waals surface area contributed by atoms with Crippen LogP contribution in [0, 0.1) is 0 Å². The van der Waals surface area contributed by atoms with Crippen molar-refractivity contribution in [3.05, 3.63) is 65.7 Å². The van der Waals surface area contributed by atoms with Crippen molar-refractivity contribution in [1.82, 2.24) is 0 Å². The lowest BCUT2D eigenvalue weighted by Gasteiger charge is -2.14. The van der Waals surface area contributed by atoms with Crippen LogP contribution in [0.1, 0.15) is 36.8 Å². The van der Waals surface area contributed by atoms with E-state index >= 15 is 0 Å². The van der Waals surface area contributed by atoms with E-state index in [0.717, 1.165) is 36.9 Å². The van der Waals surface area contributed by atoms with E-state index in [1.807, 2.05) is 42.5 Å². The zero-order valence-corrected chi connectivity index (χ0v) is 12.2. The summed E-state index contributed by atoms with van der Waals surface area (Å²) in [5, 5.41) is 0. The van der Waals surface area contributed by atoms with Crippen LogP contribution in [-0.4, -0.2) is 5.78 Å². The van der Waals surface area contributed by atoms with E-state index in [0.29, 0.717) is 12.2 Å². The number of Topliss-reactive ketones (excluding diaryl/α,β-unsaturated/α-hetero) is 1. The molecule has 3 rings (SSSR count). The lowest BCUT2D eigenvalue weighted by atomic mass is 9.88. The average molecular weight is 279 g/mol. The molecule has 1 saturated carbocycles. The lowest BCUT2D eigenvalue weighted by Crippen LogP contribution is -2.20. The highest BCUT2D eigenvalue weighted by molar-refractivity contribution is 5.93. The van der Waals surface area contributed by atoms with Gasteiger partial charge in [0.1, 0.15) is 5.78 Å². The predicted octanol–water partition coefficient (Wildman–Crippen LogP) is 3.89. The molecule has 2 aromatic carbocycles. The van der Waals surface area contributed by atoms with Gasteiger partial charge < -0.3 is 5.73 Å². The minimum atomic E-state index is -0.204. The molecule has 0 saturated heterocycles. The van der Waals surface area contributed by atoms with E-state index in [1.165, 1.54) is 5.56 Å². The predicted molar refractivity (Wildman–Crippen MR) is 86.2 cm³/mol. The zero-order chi connectivity index (χ0) is 14.7. The maximum Gasteiger partial charge on any atom is 0.143 e. The van der Waals surface area contributed by atoms with Gasteiger partial charge in [0, 0.05) is 12.1 Å². The topological polar surface area (TPSA) is 43.1 Å². The van der Waals surface area contributed by atoms with E-state index in [9.17, 15) is 4.79 Å². The van der Waals surface area contributed by atoms with Gasteiger partial charge >= 0.3 is 0 Å². The molecule has 0 amide bonds. The van der Waals surface area contributed by atoms with Crippen LogP contribution in [0.2, 0.25) is 0 Å². The Hall–Kier alpha value is -2.09. The van der Waals surface area contributed by atoms with Crippen LogP contribution in [0.3, 0.4) is 0 Å². The molecule has 0 unspecified atom stereocenters. The van der Waals surface area contributed by atoms with Gasteiger partial charge in [0.15, 0.2) is 0 Å². The average Bonchev–Trinajstić information content (AvgIpc) is 3.31. The Bertz CT molecular complexity index is 612. The number of nitrogens with two attached hydrogens (primary N) is 1. The molecular formula is C19H21NO. The SMILES string of the molecule is Nc1ccc(C2(C(=O)CCCc3ccccc3)CC2)cc1. The molecule has 1 aliphatic rings. The highest BCUT2D eigenvalue weighted by Gasteiger charge is 2.49. The second kappa shape index (κ2) is 5.72. The van der Waals surface area contributed by atoms with Crippen LogP contribution in [0.25, 0.3) is 0 Å². The summed E-state index contributed by atoms with van der Waals surface area (Å²) in [6.07, 6.45) is 4.55. The Kier molecular flexibility index (Phi) is 3.78. The fourth-order valence-corrected chi connectivity index (χ4v) is 2.99. The summed E-state index contributed by atoms with van der Waals surface area (Å²) < 4.78 is 0. The molecule has 2 aromatic rings. The molecule has 0 aliphatic heterocycles. The van der Waals surface area contributed by atoms with Gasteiger partial charge in [-0.1, -0.05) is 42.5 Å². The second-order valence-electron chi connectivity index (χ2n) is 5.97. The van der Waals surface area contributed by atoms with Crippen LogP contribution in [-0.2, 0) is 16.6 Å². The number of anilines is 1. The summed E-state index contributed by atoms with van der Waals surface area (Å²) in [6, 6.07) is 18.2. The van der Waals surface area contributed by atoms with Crippen molar-refractivity contribution in [1.29, 1.82) is 0 Å². The molecule has 2 heteroatoms. The summed E-state index contributed by atoms with van der Waals surface area (Å²) >= 11 is 0. The Labute approximate surface area is 126 Å². The largest absolute Gasteiger partial charge is 0.399 e. The highest BCUT2D eigenvalue weighted by atomic mass is 16.1. The molecule has 1 aliphatic carbocycles. The molecule has 0 aromatic heterocycles. The third kappa shape index (κ3) is 2.99. The first-order chi connectivity index (χ1) is 10.2. The van der Waals surface area contributed by atoms with Gasteiger partial charge in [-0.15, -0.1) is 0 Å². The third-order valence-corrected chi connectivity index (χ3v) is 4.46. The summed E-state index contributed by atoms with van der Waals surface area (Å²) in [7, 11) is 0. The van der Waals surface area contributed by atoms with Gasteiger partial charge in [0.2, 0.25) is 0 Å². The molecule has 2 N–H and O–H groups in total. The number of hydrogen-bond acceptors (Lipinski definition) is 2. The van der Waals surface area contributed by atoms with Crippen molar-refractivity contribution in [2.45, 2.75) is 37.5 Å². The zero-order valence-electron chi connectivity index (χ0n) is 12.2. The number of rotatable bonds is 6. The molecule has 21 heavy (non-hydrogen) atoms. The molecule has 0 spiro atoms. The first-order valence-corrected chi connectivity index (χ1v) is 7.64. The smallest absolute Gasteiger partial charge is 0.143 e. The molecule has 108 valence electrons. The number of carbonyl (C=O) groups excluding carboxylic acids is 1. The fraction of sp³-hybridized carbons (Fsp3) is 0.316. The van der Waals surface area contributed by atoms with Crippen LogP contribution >= 0.6 is 0 Å². The minimum absolute atomic E-state index is 0.204. The summed E-state index contributed by atoms with van der Waals surface area (Å²) in [5.41, 5.74) is 8.73. The minimum Gasteiger partial charge on any atom is -0.399 e. The normalized spacial score (nSPS) is 15.6. The van der Waals surface area contributed by atoms with E-state index < -0.39 is 0 Å². The lowest BCUT2D eigenvalue weighted by molar-refractivity contribution is -0.121. The van der Waals surface area contributed by atoms with Crippen molar-refractivity contribution in [2.75, 3.05) is 5.73 Å². The van der Waals surface area contributed by atoms with Crippen molar-refractivity contribution < 1.29 is 4.79 Å². The molecule has 0 heterocycles. The van der Waals surface area contributed by atoms with Crippen LogP contribution in [0.4, 0.5) is 5.69 Å². The first kappa shape index (κ1) is 13.9. The number of carbonyl (C=O) groups is 1. The van der Waals surface area contributed by atoms with Crippen LogP contribution in [0.15, 0.2) is 54.6 Å². The standard InChI is InChI=1S/C19H21NO/c20-17-11-9-16(10-12-17)19(13-14-19)18(21)8-4-7-15-5-2-1-3-6-15/h1-3,5-6,9-12H,4,7-8,13-14,20H2. The maximum atomic E-state index is 12.6. The van der Waals surface area contributed by atoms with Crippen molar-refractivity contribution in [3.8, 4) is 0 Å². The number of ketones is 1. The Morgan fingerprint density at radius 1 is 1.00 bits per heavy atom. The number of hydrogen-bond donors (Lipinski definition) is 1. The van der Waals surface area contributed by atoms with E-state index in [-0.39, 0.29) is 5.41 Å². The Morgan fingerprint density at radius 2 is 1.67 bits per heavy atom. The van der Waals surface area contributed by atoms with Crippen molar-refractivity contribution in [3.63, 3.8) is 0 Å². The molecular weight excluding hydrogens is 258 g/mol. The second-order valence-corrected chi connectivity index (χ2v) is 5.97. The molecule has 0 bridgehead atoms. The van der Waals surface area contributed by atoms with Crippen molar-refractivity contribution in [2.24, 2.45) is 0 Å². The number of benzene rings is 2. The van der Waals surface area contributed by atoms with Gasteiger partial charge in [-0.2, -0.15) is 0 Å². The van der Waals surface area contributed by atoms with Gasteiger partial charge in [-0.25, -0.2) is 0 Å². The van der Waals surface area contributed by atoms with Crippen molar-refractivity contribution >= 4 is 11.5 Å². The number of nitrogen functional groups attached to an aromatic ring is 1. The number of aryl methyl sites for hydroxylation is 1. The first-order valence-electron chi connectivity index (χ1n) is 7.64. The summed E-state index contributed by atoms with van der Waals surface area (Å²) in [4.78, 5) is 12.6. The molecule has 1 fully saturated rings. The quantitative estimate of drug-likeness (QED) is 0.815.